The molecule has 0 amide bonds. The monoisotopic (exact) mass is 1410 g/mol. The Bertz CT molecular complexity index is 3070. The molecule has 8 N–H and O–H groups in total. The van der Waals surface area contributed by atoms with E-state index in [1.807, 2.05) is 0 Å². The van der Waals surface area contributed by atoms with Crippen LogP contribution in [-0.4, -0.2) is 41.7 Å². The fraction of sp³-hybridized carbons (Fsp3) is 0. The summed E-state index contributed by atoms with van der Waals surface area (Å²) in [5, 5.41) is 82.4. The third-order valence-electron chi connectivity index (χ3n) is 6.53. The van der Waals surface area contributed by atoms with E-state index in [0.717, 1.165) is 54.6 Å². The molecular formula is C48H70Fe6N10O18-2. The molecule has 0 aliphatic rings. The van der Waals surface area contributed by atoms with E-state index in [2.05, 4.69) is 65.3 Å². The second-order valence-electron chi connectivity index (χ2n) is 9.92. The Labute approximate surface area is 540 Å². The summed E-state index contributed by atoms with van der Waals surface area (Å²) in [6.07, 6.45) is 0. The van der Waals surface area contributed by atoms with Gasteiger partial charge >= 0.3 is 68.3 Å². The van der Waals surface area contributed by atoms with Gasteiger partial charge in [-0.05, 0) is 60.0 Å². The van der Waals surface area contributed by atoms with Crippen molar-refractivity contribution in [2.45, 2.75) is 0 Å². The fourth-order valence-electron chi connectivity index (χ4n) is 3.68. The third kappa shape index (κ3) is 39.7. The molecule has 0 atom stereocenters. The van der Waals surface area contributed by atoms with Gasteiger partial charge in [0, 0.05) is 39.5 Å². The fourth-order valence-corrected chi connectivity index (χ4v) is 3.68. The van der Waals surface area contributed by atoms with Crippen LogP contribution < -0.4 is 108 Å². The molecule has 0 bridgehead atoms. The van der Waals surface area contributed by atoms with Crippen LogP contribution in [0.3, 0.4) is 0 Å². The van der Waals surface area contributed by atoms with Gasteiger partial charge in [0.1, 0.15) is 10.8 Å². The summed E-state index contributed by atoms with van der Waals surface area (Å²) in [4.78, 5) is 116. The first kappa shape index (κ1) is 146. The van der Waals surface area contributed by atoms with E-state index in [1.165, 1.54) is 6.07 Å². The second kappa shape index (κ2) is 74.4. The van der Waals surface area contributed by atoms with Gasteiger partial charge in [0.15, 0.2) is 48.4 Å². The molecule has 0 spiro atoms. The van der Waals surface area contributed by atoms with Crippen molar-refractivity contribution in [3.8, 4) is 0 Å². The standard InChI is InChI=1S/2C7H5N2O3.3C6H4N2O4.16CH3.6Fe/c1-8-6-5(10)3-2-4(9-12)7(6)11;1-8-4-2-3-5(10)6(9-12)7(4)11;3*9-4-2-1-3(7-11)6(10)5(4)8-12;;;;;;;;;;;;;;;;;;;;;;/h2*2-3,12H,1H2;3*1-2,11-12H;16*1H3;;;;;;/q2*-1;;;;16*-1;;;4*+4/b8-6?,9-4-;8-4?,9-6+;3*7-3-,8-5+;;;;;;;;;;;;;;;;;;;;;;. The maximum atomic E-state index is 11.1. The number of nitrogens with zero attached hydrogens (tertiary/aromatic N) is 10. The first-order valence-corrected chi connectivity index (χ1v) is 14.8. The molecule has 0 heterocycles. The summed E-state index contributed by atoms with van der Waals surface area (Å²) in [6, 6.07) is 10.6. The van der Waals surface area contributed by atoms with Gasteiger partial charge in [-0.25, -0.2) is 0 Å². The topological polar surface area (TPSA) is 456 Å². The molecule has 470 valence electrons. The predicted molar refractivity (Wildman–Crippen MR) is 290 cm³/mol. The number of hydrogen-bond acceptors (Lipinski definition) is 28. The Hall–Kier alpha value is -6.64. The Morgan fingerprint density at radius 1 is 0.232 bits per heavy atom. The van der Waals surface area contributed by atoms with Crippen LogP contribution >= 0.6 is 0 Å². The quantitative estimate of drug-likeness (QED) is 0.0339. The van der Waals surface area contributed by atoms with E-state index in [1.54, 1.807) is 0 Å². The average molecular weight is 1410 g/mol. The van der Waals surface area contributed by atoms with Crippen molar-refractivity contribution < 1.29 is 144 Å². The molecule has 0 aromatic heterocycles. The minimum Gasteiger partial charge on any atom is -0.446 e. The largest absolute Gasteiger partial charge is 4.00 e. The Morgan fingerprint density at radius 3 is 0.524 bits per heavy atom. The van der Waals surface area contributed by atoms with Crippen LogP contribution in [0.15, 0.2) is 160 Å². The van der Waals surface area contributed by atoms with Gasteiger partial charge in [0.05, 0.1) is 0 Å². The molecule has 5 rings (SSSR count). The van der Waals surface area contributed by atoms with Gasteiger partial charge in [-0.2, -0.15) is 14.1 Å². The Kier molecular flexibility index (Phi) is 133. The van der Waals surface area contributed by atoms with Crippen molar-refractivity contribution in [1.29, 1.82) is 0 Å². The van der Waals surface area contributed by atoms with Gasteiger partial charge < -0.3 is 185 Å². The van der Waals surface area contributed by atoms with E-state index >= 15 is 0 Å². The van der Waals surface area contributed by atoms with Crippen LogP contribution in [0.25, 0.3) is 0 Å². The molecule has 5 aromatic carbocycles. The molecule has 0 fully saturated rings. The van der Waals surface area contributed by atoms with Crippen LogP contribution in [0, 0.1) is 133 Å². The molecule has 5 aromatic rings. The van der Waals surface area contributed by atoms with E-state index < -0.39 is 75.7 Å². The summed E-state index contributed by atoms with van der Waals surface area (Å²) < 4.78 is 0. The van der Waals surface area contributed by atoms with Crippen molar-refractivity contribution >= 4 is 0 Å². The summed E-state index contributed by atoms with van der Waals surface area (Å²) in [5.41, 5.74) is -7.40. The molecule has 34 heteroatoms. The van der Waals surface area contributed by atoms with Crippen LogP contribution in [0.5, 0.6) is 0 Å². The minimum absolute atomic E-state index is 0. The molecule has 0 saturated carbocycles. The second-order valence-corrected chi connectivity index (χ2v) is 9.92. The van der Waals surface area contributed by atoms with Crippen LogP contribution in [0.2, 0.25) is 0 Å². The van der Waals surface area contributed by atoms with Gasteiger partial charge in [-0.3, -0.25) is 33.6 Å². The van der Waals surface area contributed by atoms with Gasteiger partial charge in [-0.1, -0.05) is 41.2 Å². The summed E-state index contributed by atoms with van der Waals surface area (Å²) in [5.74, 6) is 0. The van der Waals surface area contributed by atoms with Crippen molar-refractivity contribution in [3.63, 3.8) is 0 Å². The molecular weight excluding hydrogens is 1340 g/mol. The smallest absolute Gasteiger partial charge is 0.446 e. The van der Waals surface area contributed by atoms with Crippen molar-refractivity contribution in [3.05, 3.63) is 349 Å². The Balaban J connectivity index is -0.0000000257. The van der Waals surface area contributed by atoms with Crippen molar-refractivity contribution in [1.82, 2.24) is 0 Å². The molecule has 0 radical (unpaired) electrons. The zero-order valence-corrected chi connectivity index (χ0v) is 54.1. The predicted octanol–water partition coefficient (Wildman–Crippen LogP) is -2.69. The van der Waals surface area contributed by atoms with E-state index in [4.69, 9.17) is 41.7 Å². The molecule has 0 aliphatic carbocycles. The average Bonchev–Trinajstić information content (AvgIpc) is 3.23. The van der Waals surface area contributed by atoms with Crippen LogP contribution in [0.1, 0.15) is 0 Å². The first-order valence-electron chi connectivity index (χ1n) is 14.8. The van der Waals surface area contributed by atoms with Crippen molar-refractivity contribution in [2.75, 3.05) is 0 Å². The summed E-state index contributed by atoms with van der Waals surface area (Å²) in [7, 11) is 6.18. The van der Waals surface area contributed by atoms with Gasteiger partial charge in [0.2, 0.25) is 38.0 Å². The molecule has 0 saturated heterocycles. The number of rotatable bonds is 0. The molecule has 82 heavy (non-hydrogen) atoms. The maximum absolute atomic E-state index is 11.1. The third-order valence-corrected chi connectivity index (χ3v) is 6.53. The van der Waals surface area contributed by atoms with Gasteiger partial charge in [-0.15, -0.1) is 6.07 Å². The van der Waals surface area contributed by atoms with Crippen molar-refractivity contribution in [2.24, 2.45) is 51.2 Å². The molecule has 28 nitrogen and oxygen atoms in total. The molecule has 0 unspecified atom stereocenters. The summed E-state index contributed by atoms with van der Waals surface area (Å²) >= 11 is 0. The van der Waals surface area contributed by atoms with E-state index in [-0.39, 0.29) is 253 Å². The zero-order chi connectivity index (χ0) is 45.7. The maximum Gasteiger partial charge on any atom is 4.00 e. The SMILES string of the molecule is O=c1cc/c(=N/O)c(=O)/c1=N/O.O=c1cc/c(=N/O)c(=O)/c1=N/O.O=c1cc/c(=N/O)c(=O)/c1=N/O.[CH2-]N=c1c(=O)cc/c(=N/O)c1=O.[CH2-]N=c1ccc(=O)/c(=N\O)c1=O.[CH3-].[CH3-].[CH3-].[CH3-].[CH3-].[CH3-].[CH3-].[CH3-].[CH3-].[CH3-].[CH3-].[CH3-].[CH3-].[CH3-].[CH3-].[CH3-].[Fe+4].[Fe+4].[Fe+4].[Fe+4].[Fe].[Fe]. The van der Waals surface area contributed by atoms with Gasteiger partial charge in [0.25, 0.3) is 0 Å². The van der Waals surface area contributed by atoms with Crippen LogP contribution in [0.4, 0.5) is 0 Å². The number of hydrogen-bond donors (Lipinski definition) is 8. The van der Waals surface area contributed by atoms with E-state index in [0.29, 0.717) is 0 Å². The minimum atomic E-state index is -0.896. The van der Waals surface area contributed by atoms with E-state index in [9.17, 15) is 47.9 Å². The van der Waals surface area contributed by atoms with Crippen LogP contribution in [-0.2, 0) is 102 Å². The Morgan fingerprint density at radius 2 is 0.378 bits per heavy atom. The normalized spacial score (nSPS) is 10.0. The molecule has 0 aliphatic heterocycles. The first-order chi connectivity index (χ1) is 28.5. The zero-order valence-electron chi connectivity index (χ0n) is 47.4. The number of benzene rings is 5. The summed E-state index contributed by atoms with van der Waals surface area (Å²) in [6.45, 7) is 0.